The maximum atomic E-state index is 11.6. The van der Waals surface area contributed by atoms with E-state index in [2.05, 4.69) is 5.32 Å². The van der Waals surface area contributed by atoms with Crippen LogP contribution in [0.15, 0.2) is 18.2 Å². The summed E-state index contributed by atoms with van der Waals surface area (Å²) in [5.41, 5.74) is 0.634. The summed E-state index contributed by atoms with van der Waals surface area (Å²) in [6, 6.07) is 5.28. The van der Waals surface area contributed by atoms with E-state index in [9.17, 15) is 4.79 Å². The molecular formula is C12H15NO4. The first-order valence-corrected chi connectivity index (χ1v) is 5.60. The molecule has 1 aliphatic rings. The minimum atomic E-state index is -0.885. The molecule has 1 N–H and O–H groups in total. The van der Waals surface area contributed by atoms with Gasteiger partial charge in [-0.05, 0) is 26.0 Å². The van der Waals surface area contributed by atoms with Crippen LogP contribution in [0, 0.1) is 0 Å². The van der Waals surface area contributed by atoms with Crippen molar-refractivity contribution in [2.45, 2.75) is 20.1 Å². The number of nitrogens with one attached hydrogen (secondary N) is 1. The van der Waals surface area contributed by atoms with E-state index in [1.807, 2.05) is 13.8 Å². The number of ether oxygens (including phenoxy) is 3. The van der Waals surface area contributed by atoms with Crippen LogP contribution in [-0.4, -0.2) is 25.4 Å². The number of benzene rings is 1. The van der Waals surface area contributed by atoms with Gasteiger partial charge in [-0.15, -0.1) is 0 Å². The molecule has 1 aliphatic heterocycles. The molecule has 92 valence electrons. The summed E-state index contributed by atoms with van der Waals surface area (Å²) in [6.07, 6.45) is -0.885. The van der Waals surface area contributed by atoms with Gasteiger partial charge in [0.25, 0.3) is 12.2 Å². The van der Waals surface area contributed by atoms with Gasteiger partial charge in [-0.1, -0.05) is 0 Å². The second-order valence-electron chi connectivity index (χ2n) is 3.49. The topological polar surface area (TPSA) is 56.8 Å². The van der Waals surface area contributed by atoms with Crippen molar-refractivity contribution in [3.8, 4) is 11.5 Å². The molecule has 1 heterocycles. The van der Waals surface area contributed by atoms with E-state index in [1.54, 1.807) is 18.2 Å². The van der Waals surface area contributed by atoms with Crippen LogP contribution in [0.2, 0.25) is 0 Å². The smallest absolute Gasteiger partial charge is 0.294 e. The van der Waals surface area contributed by atoms with Crippen molar-refractivity contribution in [3.05, 3.63) is 18.2 Å². The molecule has 1 atom stereocenters. The molecule has 1 amide bonds. The third-order valence-corrected chi connectivity index (χ3v) is 2.29. The Morgan fingerprint density at radius 3 is 2.88 bits per heavy atom. The van der Waals surface area contributed by atoms with E-state index >= 15 is 0 Å². The van der Waals surface area contributed by atoms with Gasteiger partial charge < -0.3 is 19.5 Å². The Morgan fingerprint density at radius 2 is 2.18 bits per heavy atom. The molecule has 17 heavy (non-hydrogen) atoms. The van der Waals surface area contributed by atoms with Crippen LogP contribution >= 0.6 is 0 Å². The minimum absolute atomic E-state index is 0.288. The zero-order valence-corrected chi connectivity index (χ0v) is 9.86. The molecule has 0 radical (unpaired) electrons. The van der Waals surface area contributed by atoms with Crippen molar-refractivity contribution in [1.82, 2.24) is 0 Å². The van der Waals surface area contributed by atoms with Crippen molar-refractivity contribution in [2.75, 3.05) is 18.5 Å². The highest BCUT2D eigenvalue weighted by atomic mass is 16.7. The molecular weight excluding hydrogens is 222 g/mol. The normalized spacial score (nSPS) is 18.0. The van der Waals surface area contributed by atoms with Crippen molar-refractivity contribution in [1.29, 1.82) is 0 Å². The van der Waals surface area contributed by atoms with Crippen LogP contribution in [0.1, 0.15) is 13.8 Å². The van der Waals surface area contributed by atoms with E-state index < -0.39 is 6.29 Å². The zero-order valence-electron chi connectivity index (χ0n) is 9.86. The molecule has 5 heteroatoms. The molecule has 0 spiro atoms. The van der Waals surface area contributed by atoms with Gasteiger partial charge in [0.2, 0.25) is 0 Å². The lowest BCUT2D eigenvalue weighted by atomic mass is 10.2. The number of amides is 1. The number of rotatable bonds is 4. The first kappa shape index (κ1) is 11.7. The summed E-state index contributed by atoms with van der Waals surface area (Å²) < 4.78 is 16.0. The SMILES string of the molecule is CCOc1ccc2c(c1)OC(OCC)C(=O)N2. The maximum Gasteiger partial charge on any atom is 0.294 e. The van der Waals surface area contributed by atoms with Gasteiger partial charge in [-0.3, -0.25) is 4.79 Å². The highest BCUT2D eigenvalue weighted by Gasteiger charge is 2.28. The largest absolute Gasteiger partial charge is 0.494 e. The van der Waals surface area contributed by atoms with Crippen molar-refractivity contribution < 1.29 is 19.0 Å². The quantitative estimate of drug-likeness (QED) is 0.867. The van der Waals surface area contributed by atoms with E-state index in [1.165, 1.54) is 0 Å². The molecule has 0 saturated heterocycles. The fraction of sp³-hybridized carbons (Fsp3) is 0.417. The molecule has 5 nitrogen and oxygen atoms in total. The van der Waals surface area contributed by atoms with Gasteiger partial charge in [0, 0.05) is 12.7 Å². The number of carbonyl (C=O) groups excluding carboxylic acids is 1. The first-order valence-electron chi connectivity index (χ1n) is 5.60. The summed E-state index contributed by atoms with van der Waals surface area (Å²) in [5.74, 6) is 0.982. The molecule has 0 aliphatic carbocycles. The summed E-state index contributed by atoms with van der Waals surface area (Å²) in [5, 5.41) is 2.72. The molecule has 1 aromatic carbocycles. The third-order valence-electron chi connectivity index (χ3n) is 2.29. The maximum absolute atomic E-state index is 11.6. The van der Waals surface area contributed by atoms with Crippen molar-refractivity contribution >= 4 is 11.6 Å². The Labute approximate surface area is 99.7 Å². The average molecular weight is 237 g/mol. The number of hydrogen-bond acceptors (Lipinski definition) is 4. The Morgan fingerprint density at radius 1 is 1.35 bits per heavy atom. The van der Waals surface area contributed by atoms with E-state index in [0.29, 0.717) is 30.4 Å². The fourth-order valence-corrected chi connectivity index (χ4v) is 1.58. The van der Waals surface area contributed by atoms with Gasteiger partial charge in [-0.2, -0.15) is 0 Å². The van der Waals surface area contributed by atoms with Crippen molar-refractivity contribution in [3.63, 3.8) is 0 Å². The molecule has 2 rings (SSSR count). The van der Waals surface area contributed by atoms with Gasteiger partial charge in [-0.25, -0.2) is 0 Å². The molecule has 1 aromatic rings. The Balaban J connectivity index is 2.21. The Bertz CT molecular complexity index is 419. The second kappa shape index (κ2) is 5.05. The molecule has 0 aromatic heterocycles. The monoisotopic (exact) mass is 237 g/mol. The molecule has 1 unspecified atom stereocenters. The second-order valence-corrected chi connectivity index (χ2v) is 3.49. The third kappa shape index (κ3) is 2.50. The zero-order chi connectivity index (χ0) is 12.3. The highest BCUT2D eigenvalue weighted by molar-refractivity contribution is 5.97. The summed E-state index contributed by atoms with van der Waals surface area (Å²) in [4.78, 5) is 11.6. The van der Waals surface area contributed by atoms with Crippen LogP contribution in [0.25, 0.3) is 0 Å². The minimum Gasteiger partial charge on any atom is -0.494 e. The van der Waals surface area contributed by atoms with Crippen LogP contribution in [0.5, 0.6) is 11.5 Å². The van der Waals surface area contributed by atoms with E-state index in [0.717, 1.165) is 0 Å². The number of hydrogen-bond donors (Lipinski definition) is 1. The van der Waals surface area contributed by atoms with Crippen LogP contribution < -0.4 is 14.8 Å². The molecule has 0 bridgehead atoms. The van der Waals surface area contributed by atoms with E-state index in [4.69, 9.17) is 14.2 Å². The van der Waals surface area contributed by atoms with Crippen LogP contribution in [0.3, 0.4) is 0 Å². The predicted octanol–water partition coefficient (Wildman–Crippen LogP) is 1.78. The molecule has 0 fully saturated rings. The number of anilines is 1. The van der Waals surface area contributed by atoms with Crippen LogP contribution in [-0.2, 0) is 9.53 Å². The first-order chi connectivity index (χ1) is 8.24. The van der Waals surface area contributed by atoms with Gasteiger partial charge in [0.1, 0.15) is 5.75 Å². The summed E-state index contributed by atoms with van der Waals surface area (Å²) in [6.45, 7) is 4.71. The Kier molecular flexibility index (Phi) is 3.49. The Hall–Kier alpha value is -1.75. The lowest BCUT2D eigenvalue weighted by Crippen LogP contribution is -2.39. The lowest BCUT2D eigenvalue weighted by molar-refractivity contribution is -0.147. The van der Waals surface area contributed by atoms with Gasteiger partial charge in [0.05, 0.1) is 12.3 Å². The summed E-state index contributed by atoms with van der Waals surface area (Å²) in [7, 11) is 0. The lowest BCUT2D eigenvalue weighted by Gasteiger charge is -2.25. The standard InChI is InChI=1S/C12H15NO4/c1-3-15-8-5-6-9-10(7-8)17-12(16-4-2)11(14)13-9/h5-7,12H,3-4H2,1-2H3,(H,13,14). The van der Waals surface area contributed by atoms with Crippen LogP contribution in [0.4, 0.5) is 5.69 Å². The van der Waals surface area contributed by atoms with Gasteiger partial charge >= 0.3 is 0 Å². The average Bonchev–Trinajstić information content (AvgIpc) is 2.31. The van der Waals surface area contributed by atoms with Crippen molar-refractivity contribution in [2.24, 2.45) is 0 Å². The fourth-order valence-electron chi connectivity index (χ4n) is 1.58. The van der Waals surface area contributed by atoms with Gasteiger partial charge in [0.15, 0.2) is 5.75 Å². The number of carbonyl (C=O) groups is 1. The van der Waals surface area contributed by atoms with E-state index in [-0.39, 0.29) is 5.91 Å². The predicted molar refractivity (Wildman–Crippen MR) is 62.3 cm³/mol. The molecule has 0 saturated carbocycles. The number of fused-ring (bicyclic) bond motifs is 1. The summed E-state index contributed by atoms with van der Waals surface area (Å²) >= 11 is 0. The highest BCUT2D eigenvalue weighted by Crippen LogP contribution is 2.33.